The number of hydrogen-bond donors (Lipinski definition) is 3. The quantitative estimate of drug-likeness (QED) is 0.116. The molecule has 238 valence electrons. The number of rotatable bonds is 12. The summed E-state index contributed by atoms with van der Waals surface area (Å²) in [4.78, 5) is 39.9. The predicted molar refractivity (Wildman–Crippen MR) is 169 cm³/mol. The number of amides is 1. The molecule has 1 amide bonds. The van der Waals surface area contributed by atoms with Crippen LogP contribution in [0.5, 0.6) is 0 Å². The van der Waals surface area contributed by atoms with E-state index < -0.39 is 46.2 Å². The van der Waals surface area contributed by atoms with Gasteiger partial charge in [-0.15, -0.1) is 0 Å². The van der Waals surface area contributed by atoms with E-state index in [1.165, 1.54) is 43.5 Å². The number of carbonyl (C=O) groups excluding carboxylic acids is 2. The maximum Gasteiger partial charge on any atom is 0.337 e. The lowest BCUT2D eigenvalue weighted by molar-refractivity contribution is -0.385. The smallest absolute Gasteiger partial charge is 0.337 e. The van der Waals surface area contributed by atoms with Crippen molar-refractivity contribution in [3.8, 4) is 0 Å². The molecule has 45 heavy (non-hydrogen) atoms. The molecule has 2 heterocycles. The molecule has 0 aromatic heterocycles. The Kier molecular flexibility index (Phi) is 9.76. The molecule has 3 aliphatic rings. The highest BCUT2D eigenvalue weighted by Gasteiger charge is 2.67. The number of hydrogen-bond acceptors (Lipinski definition) is 8. The van der Waals surface area contributed by atoms with Gasteiger partial charge in [-0.2, -0.15) is 0 Å². The van der Waals surface area contributed by atoms with Gasteiger partial charge in [-0.1, -0.05) is 41.9 Å². The number of carbonyl (C=O) groups is 2. The summed E-state index contributed by atoms with van der Waals surface area (Å²) in [6.07, 6.45) is 6.13. The Balaban J connectivity index is 1.67. The standard InChI is InChI=1S/C32H33Cl2FN4O6/c1-18(33)4-3-5-24(35)28-29(36-16-21-14-20(30(41)45-2)8-11-26(21)39(43)44)27(12-13-40)38(17-19-6-7-19)32(28)23-10-9-22(34)15-25(23)37-31(32)42/h3-5,8-11,14-15,19,27-29,36,40H,1,6-7,12-13,16-17H2,2H3,(H,37,42)/b4-3-,24-5-/t27-,28-,29+,32+/m0/s1. The zero-order valence-corrected chi connectivity index (χ0v) is 26.0. The normalized spacial score (nSPS) is 24.7. The molecule has 0 unspecified atom stereocenters. The summed E-state index contributed by atoms with van der Waals surface area (Å²) < 4.78 is 21.6. The van der Waals surface area contributed by atoms with Crippen LogP contribution in [0, 0.1) is 22.0 Å². The number of ether oxygens (including phenoxy) is 1. The van der Waals surface area contributed by atoms with Crippen molar-refractivity contribution < 1.29 is 28.7 Å². The molecule has 13 heteroatoms. The van der Waals surface area contributed by atoms with Crippen molar-refractivity contribution in [1.82, 2.24) is 10.2 Å². The van der Waals surface area contributed by atoms with Gasteiger partial charge in [-0.3, -0.25) is 19.8 Å². The van der Waals surface area contributed by atoms with E-state index in [9.17, 15) is 24.8 Å². The molecule has 1 saturated carbocycles. The number of benzene rings is 2. The fourth-order valence-electron chi connectivity index (χ4n) is 6.68. The lowest BCUT2D eigenvalue weighted by Gasteiger charge is -2.39. The number of aliphatic hydroxyl groups is 1. The number of aliphatic hydroxyl groups excluding tert-OH is 1. The fraction of sp³-hybridized carbons (Fsp3) is 0.375. The Labute approximate surface area is 269 Å². The summed E-state index contributed by atoms with van der Waals surface area (Å²) >= 11 is 12.2. The van der Waals surface area contributed by atoms with Crippen molar-refractivity contribution in [1.29, 1.82) is 0 Å². The van der Waals surface area contributed by atoms with Crippen molar-refractivity contribution in [3.05, 3.63) is 104 Å². The van der Waals surface area contributed by atoms with E-state index in [2.05, 4.69) is 17.2 Å². The van der Waals surface area contributed by atoms with Gasteiger partial charge >= 0.3 is 5.97 Å². The number of likely N-dealkylation sites (tertiary alicyclic amines) is 1. The van der Waals surface area contributed by atoms with Gasteiger partial charge in [0.15, 0.2) is 0 Å². The Morgan fingerprint density at radius 3 is 2.73 bits per heavy atom. The first kappa shape index (κ1) is 32.8. The first-order chi connectivity index (χ1) is 21.5. The van der Waals surface area contributed by atoms with Crippen LogP contribution in [0.4, 0.5) is 15.8 Å². The molecule has 3 N–H and O–H groups in total. The highest BCUT2D eigenvalue weighted by molar-refractivity contribution is 6.31. The number of anilines is 1. The second-order valence-corrected chi connectivity index (χ2v) is 12.3. The molecule has 10 nitrogen and oxygen atoms in total. The molecule has 2 aromatic rings. The lowest BCUT2D eigenvalue weighted by Crippen LogP contribution is -2.53. The molecule has 2 aromatic carbocycles. The maximum absolute atomic E-state index is 16.8. The van der Waals surface area contributed by atoms with Crippen LogP contribution in [-0.4, -0.2) is 59.2 Å². The SMILES string of the molecule is C=C(Cl)/C=C\C=C(/F)[C@H]1[C@H](NCc2cc(C(=O)OC)ccc2[N+](=O)[O-])[C@H](CCO)N(CC2CC2)[C@@]12C(=O)Nc1cc(Cl)ccc12. The van der Waals surface area contributed by atoms with Gasteiger partial charge in [0.2, 0.25) is 5.91 Å². The predicted octanol–water partition coefficient (Wildman–Crippen LogP) is 5.60. The molecule has 1 spiro atoms. The third kappa shape index (κ3) is 6.28. The summed E-state index contributed by atoms with van der Waals surface area (Å²) in [5.74, 6) is -2.62. The third-order valence-electron chi connectivity index (χ3n) is 8.70. The van der Waals surface area contributed by atoms with Crippen LogP contribution in [0.15, 0.2) is 72.1 Å². The molecule has 0 radical (unpaired) electrons. The van der Waals surface area contributed by atoms with Gasteiger partial charge < -0.3 is 20.5 Å². The first-order valence-corrected chi connectivity index (χ1v) is 15.2. The lowest BCUT2D eigenvalue weighted by atomic mass is 9.76. The van der Waals surface area contributed by atoms with Crippen molar-refractivity contribution in [2.24, 2.45) is 11.8 Å². The van der Waals surface area contributed by atoms with E-state index in [0.29, 0.717) is 22.8 Å². The summed E-state index contributed by atoms with van der Waals surface area (Å²) in [7, 11) is 1.21. The van der Waals surface area contributed by atoms with E-state index in [0.717, 1.165) is 12.8 Å². The monoisotopic (exact) mass is 658 g/mol. The number of esters is 1. The van der Waals surface area contributed by atoms with E-state index in [1.54, 1.807) is 18.2 Å². The average Bonchev–Trinajstić information content (AvgIpc) is 3.72. The average molecular weight is 660 g/mol. The summed E-state index contributed by atoms with van der Waals surface area (Å²) in [5.41, 5.74) is -0.494. The number of nitrogens with one attached hydrogen (secondary N) is 2. The number of nitrogens with zero attached hydrogens (tertiary/aromatic N) is 2. The van der Waals surface area contributed by atoms with Crippen LogP contribution < -0.4 is 10.6 Å². The van der Waals surface area contributed by atoms with Gasteiger partial charge in [-0.05, 0) is 61.6 Å². The van der Waals surface area contributed by atoms with Crippen molar-refractivity contribution in [3.63, 3.8) is 0 Å². The minimum atomic E-state index is -1.54. The van der Waals surface area contributed by atoms with Gasteiger partial charge in [0.1, 0.15) is 11.4 Å². The Hall–Kier alpha value is -3.61. The minimum Gasteiger partial charge on any atom is -0.465 e. The van der Waals surface area contributed by atoms with Gasteiger partial charge in [0, 0.05) is 64.7 Å². The van der Waals surface area contributed by atoms with Gasteiger partial charge in [-0.25, -0.2) is 9.18 Å². The molecule has 1 aliphatic carbocycles. The molecule has 5 rings (SSSR count). The topological polar surface area (TPSA) is 134 Å². The van der Waals surface area contributed by atoms with E-state index in [1.807, 2.05) is 4.90 Å². The highest BCUT2D eigenvalue weighted by atomic mass is 35.5. The van der Waals surface area contributed by atoms with E-state index in [-0.39, 0.29) is 47.3 Å². The summed E-state index contributed by atoms with van der Waals surface area (Å²) in [5, 5.41) is 29.0. The molecule has 2 aliphatic heterocycles. The Morgan fingerprint density at radius 1 is 1.33 bits per heavy atom. The number of allylic oxidation sites excluding steroid dienone is 4. The summed E-state index contributed by atoms with van der Waals surface area (Å²) in [6, 6.07) is 7.48. The number of nitro benzene ring substituents is 1. The zero-order chi connectivity index (χ0) is 32.5. The number of halogens is 3. The van der Waals surface area contributed by atoms with Crippen molar-refractivity contribution >= 4 is 46.5 Å². The van der Waals surface area contributed by atoms with Crippen molar-refractivity contribution in [2.45, 2.75) is 43.4 Å². The largest absolute Gasteiger partial charge is 0.465 e. The van der Waals surface area contributed by atoms with Crippen LogP contribution in [0.3, 0.4) is 0 Å². The van der Waals surface area contributed by atoms with Crippen LogP contribution in [0.2, 0.25) is 5.02 Å². The van der Waals surface area contributed by atoms with Crippen molar-refractivity contribution in [2.75, 3.05) is 25.6 Å². The van der Waals surface area contributed by atoms with Crippen LogP contribution in [0.25, 0.3) is 0 Å². The van der Waals surface area contributed by atoms with E-state index >= 15 is 4.39 Å². The highest BCUT2D eigenvalue weighted by Crippen LogP contribution is 2.57. The minimum absolute atomic E-state index is 0.111. The maximum atomic E-state index is 16.8. The first-order valence-electron chi connectivity index (χ1n) is 14.5. The van der Waals surface area contributed by atoms with Gasteiger partial charge in [0.25, 0.3) is 5.69 Å². The molecular weight excluding hydrogens is 626 g/mol. The second-order valence-electron chi connectivity index (χ2n) is 11.4. The molecular formula is C32H33Cl2FN4O6. The van der Waals surface area contributed by atoms with Crippen LogP contribution in [-0.2, 0) is 21.6 Å². The number of methoxy groups -OCH3 is 1. The molecule has 0 bridgehead atoms. The fourth-order valence-corrected chi connectivity index (χ4v) is 6.92. The Morgan fingerprint density at radius 2 is 2.09 bits per heavy atom. The van der Waals surface area contributed by atoms with E-state index in [4.69, 9.17) is 27.9 Å². The number of nitro groups is 1. The second kappa shape index (κ2) is 13.4. The molecule has 2 fully saturated rings. The third-order valence-corrected chi connectivity index (χ3v) is 9.06. The molecule has 1 saturated heterocycles. The van der Waals surface area contributed by atoms with Crippen LogP contribution >= 0.6 is 23.2 Å². The zero-order valence-electron chi connectivity index (χ0n) is 24.5. The van der Waals surface area contributed by atoms with Gasteiger partial charge in [0.05, 0.1) is 23.5 Å². The van der Waals surface area contributed by atoms with Crippen LogP contribution in [0.1, 0.15) is 40.7 Å². The summed E-state index contributed by atoms with van der Waals surface area (Å²) in [6.45, 7) is 3.67. The molecule has 4 atom stereocenters. The Bertz CT molecular complexity index is 1600. The number of fused-ring (bicyclic) bond motifs is 2.